The highest BCUT2D eigenvalue weighted by Gasteiger charge is 2.11. The second-order valence-corrected chi connectivity index (χ2v) is 3.85. The van der Waals surface area contributed by atoms with E-state index in [1.165, 1.54) is 24.3 Å². The van der Waals surface area contributed by atoms with Gasteiger partial charge in [0.05, 0.1) is 0 Å². The zero-order chi connectivity index (χ0) is 10.8. The minimum absolute atomic E-state index is 0.254. The molecular weight excluding hydrogens is 218 g/mol. The van der Waals surface area contributed by atoms with Crippen LogP contribution in [-0.4, -0.2) is 12.0 Å². The maximum atomic E-state index is 13.4. The van der Waals surface area contributed by atoms with Gasteiger partial charge in [0, 0.05) is 12.6 Å². The Morgan fingerprint density at radius 3 is 2.40 bits per heavy atom. The van der Waals surface area contributed by atoms with Crippen molar-refractivity contribution in [1.82, 2.24) is 4.98 Å². The Hall–Kier alpha value is -1.49. The molecule has 1 aromatic carbocycles. The predicted molar refractivity (Wildman–Crippen MR) is 57.0 cm³/mol. The van der Waals surface area contributed by atoms with Gasteiger partial charge >= 0.3 is 0 Å². The molecule has 78 valence electrons. The molecule has 5 heteroatoms. The number of hydrogen-bond donors (Lipinski definition) is 1. The molecular formula is C10H8F2N2S. The standard InChI is InChI=1S/C10H8F2N2S/c1-13-10-14-8(9(12)15-10)6-2-4-7(11)5-3-6/h2-5H,1H3,(H,13,14). The Labute approximate surface area is 89.6 Å². The van der Waals surface area contributed by atoms with Gasteiger partial charge in [-0.25, -0.2) is 9.37 Å². The Kier molecular flexibility index (Phi) is 2.64. The first-order valence-electron chi connectivity index (χ1n) is 4.30. The van der Waals surface area contributed by atoms with Gasteiger partial charge in [0.25, 0.3) is 0 Å². The Morgan fingerprint density at radius 1 is 1.20 bits per heavy atom. The largest absolute Gasteiger partial charge is 0.364 e. The van der Waals surface area contributed by atoms with Crippen molar-refractivity contribution in [3.63, 3.8) is 0 Å². The quantitative estimate of drug-likeness (QED) is 0.851. The molecule has 0 aliphatic carbocycles. The van der Waals surface area contributed by atoms with Crippen LogP contribution in [0.1, 0.15) is 0 Å². The lowest BCUT2D eigenvalue weighted by Gasteiger charge is -1.96. The lowest BCUT2D eigenvalue weighted by atomic mass is 10.2. The third-order valence-electron chi connectivity index (χ3n) is 1.92. The molecule has 2 nitrogen and oxygen atoms in total. The first-order valence-corrected chi connectivity index (χ1v) is 5.12. The van der Waals surface area contributed by atoms with E-state index in [4.69, 9.17) is 0 Å². The second kappa shape index (κ2) is 3.94. The van der Waals surface area contributed by atoms with Crippen molar-refractivity contribution in [3.8, 4) is 11.3 Å². The highest BCUT2D eigenvalue weighted by Crippen LogP contribution is 2.29. The first-order chi connectivity index (χ1) is 7.20. The van der Waals surface area contributed by atoms with E-state index in [-0.39, 0.29) is 16.6 Å². The van der Waals surface area contributed by atoms with Crippen LogP contribution in [0.15, 0.2) is 24.3 Å². The lowest BCUT2D eigenvalue weighted by molar-refractivity contribution is 0.627. The van der Waals surface area contributed by atoms with Crippen LogP contribution in [-0.2, 0) is 0 Å². The number of anilines is 1. The Bertz CT molecular complexity index is 465. The van der Waals surface area contributed by atoms with Crippen molar-refractivity contribution in [2.45, 2.75) is 0 Å². The van der Waals surface area contributed by atoms with E-state index in [9.17, 15) is 8.78 Å². The van der Waals surface area contributed by atoms with Gasteiger partial charge in [0.15, 0.2) is 5.13 Å². The summed E-state index contributed by atoms with van der Waals surface area (Å²) >= 11 is 0.931. The number of thiazole rings is 1. The third kappa shape index (κ3) is 1.97. The molecule has 1 aromatic heterocycles. The van der Waals surface area contributed by atoms with Gasteiger partial charge in [-0.15, -0.1) is 0 Å². The number of rotatable bonds is 2. The monoisotopic (exact) mass is 226 g/mol. The molecule has 0 saturated carbocycles. The number of aromatic nitrogens is 1. The molecule has 0 aliphatic heterocycles. The van der Waals surface area contributed by atoms with Gasteiger partial charge in [0.1, 0.15) is 11.5 Å². The van der Waals surface area contributed by atoms with Crippen LogP contribution in [0.2, 0.25) is 0 Å². The minimum Gasteiger partial charge on any atom is -0.364 e. The maximum absolute atomic E-state index is 13.4. The third-order valence-corrected chi connectivity index (χ3v) is 2.78. The molecule has 2 rings (SSSR count). The van der Waals surface area contributed by atoms with Crippen molar-refractivity contribution < 1.29 is 8.78 Å². The van der Waals surface area contributed by atoms with Crippen LogP contribution in [0.3, 0.4) is 0 Å². The zero-order valence-corrected chi connectivity index (χ0v) is 8.74. The number of halogens is 2. The van der Waals surface area contributed by atoms with Gasteiger partial charge in [-0.3, -0.25) is 0 Å². The van der Waals surface area contributed by atoms with Crippen LogP contribution >= 0.6 is 11.3 Å². The van der Waals surface area contributed by atoms with Crippen molar-refractivity contribution in [3.05, 3.63) is 35.2 Å². The highest BCUT2D eigenvalue weighted by molar-refractivity contribution is 7.14. The maximum Gasteiger partial charge on any atom is 0.206 e. The molecule has 0 saturated heterocycles. The van der Waals surface area contributed by atoms with Crippen LogP contribution < -0.4 is 5.32 Å². The molecule has 1 heterocycles. The smallest absolute Gasteiger partial charge is 0.206 e. The molecule has 15 heavy (non-hydrogen) atoms. The lowest BCUT2D eigenvalue weighted by Crippen LogP contribution is -1.86. The summed E-state index contributed by atoms with van der Waals surface area (Å²) in [6.07, 6.45) is 0. The van der Waals surface area contributed by atoms with Gasteiger partial charge in [-0.05, 0) is 24.3 Å². The fraction of sp³-hybridized carbons (Fsp3) is 0.100. The summed E-state index contributed by atoms with van der Waals surface area (Å²) in [5.74, 6) is -0.344. The van der Waals surface area contributed by atoms with Crippen molar-refractivity contribution in [1.29, 1.82) is 0 Å². The summed E-state index contributed by atoms with van der Waals surface area (Å²) in [4.78, 5) is 4.04. The zero-order valence-electron chi connectivity index (χ0n) is 7.92. The van der Waals surface area contributed by atoms with E-state index in [0.717, 1.165) is 11.3 Å². The van der Waals surface area contributed by atoms with Gasteiger partial charge in [-0.2, -0.15) is 4.39 Å². The topological polar surface area (TPSA) is 24.9 Å². The number of benzene rings is 1. The minimum atomic E-state index is -0.369. The number of hydrogen-bond acceptors (Lipinski definition) is 3. The normalized spacial score (nSPS) is 10.3. The Balaban J connectivity index is 2.44. The molecule has 0 amide bonds. The number of nitrogens with zero attached hydrogens (tertiary/aromatic N) is 1. The Morgan fingerprint density at radius 2 is 1.87 bits per heavy atom. The fourth-order valence-corrected chi connectivity index (χ4v) is 1.86. The summed E-state index contributed by atoms with van der Waals surface area (Å²) in [6, 6.07) is 5.58. The first kappa shape index (κ1) is 10.0. The predicted octanol–water partition coefficient (Wildman–Crippen LogP) is 3.13. The molecule has 0 bridgehead atoms. The summed E-state index contributed by atoms with van der Waals surface area (Å²) in [6.45, 7) is 0. The van der Waals surface area contributed by atoms with Gasteiger partial charge in [-0.1, -0.05) is 11.3 Å². The molecule has 0 radical (unpaired) electrons. The molecule has 0 unspecified atom stereocenters. The average molecular weight is 226 g/mol. The van der Waals surface area contributed by atoms with E-state index in [1.54, 1.807) is 7.05 Å². The van der Waals surface area contributed by atoms with Crippen LogP contribution in [0.25, 0.3) is 11.3 Å². The van der Waals surface area contributed by atoms with E-state index >= 15 is 0 Å². The molecule has 2 aromatic rings. The summed E-state index contributed by atoms with van der Waals surface area (Å²) in [5, 5.41) is 2.90. The van der Waals surface area contributed by atoms with Gasteiger partial charge in [0.2, 0.25) is 5.13 Å². The van der Waals surface area contributed by atoms with Crippen LogP contribution in [0.5, 0.6) is 0 Å². The van der Waals surface area contributed by atoms with E-state index in [1.807, 2.05) is 0 Å². The van der Waals surface area contributed by atoms with Crippen molar-refractivity contribution >= 4 is 16.5 Å². The molecule has 0 fully saturated rings. The average Bonchev–Trinajstić information content (AvgIpc) is 2.61. The van der Waals surface area contributed by atoms with Crippen LogP contribution in [0.4, 0.5) is 13.9 Å². The summed E-state index contributed by atoms with van der Waals surface area (Å²) < 4.78 is 26.1. The van der Waals surface area contributed by atoms with Gasteiger partial charge < -0.3 is 5.32 Å². The van der Waals surface area contributed by atoms with E-state index in [0.29, 0.717) is 10.7 Å². The molecule has 0 spiro atoms. The van der Waals surface area contributed by atoms with E-state index < -0.39 is 0 Å². The fourth-order valence-electron chi connectivity index (χ4n) is 1.19. The highest BCUT2D eigenvalue weighted by atomic mass is 32.1. The van der Waals surface area contributed by atoms with E-state index in [2.05, 4.69) is 10.3 Å². The molecule has 1 N–H and O–H groups in total. The molecule has 0 aliphatic rings. The SMILES string of the molecule is CNc1nc(-c2ccc(F)cc2)c(F)s1. The number of nitrogens with one attached hydrogen (secondary N) is 1. The van der Waals surface area contributed by atoms with Crippen LogP contribution in [0, 0.1) is 10.9 Å². The van der Waals surface area contributed by atoms with Crippen molar-refractivity contribution in [2.75, 3.05) is 12.4 Å². The van der Waals surface area contributed by atoms with Crippen molar-refractivity contribution in [2.24, 2.45) is 0 Å². The molecule has 0 atom stereocenters. The second-order valence-electron chi connectivity index (χ2n) is 2.90. The summed E-state index contributed by atoms with van der Waals surface area (Å²) in [5.41, 5.74) is 0.830. The summed E-state index contributed by atoms with van der Waals surface area (Å²) in [7, 11) is 1.67.